The topological polar surface area (TPSA) is 79.9 Å². The van der Waals surface area contributed by atoms with Gasteiger partial charge in [-0.05, 0) is 74.0 Å². The Labute approximate surface area is 222 Å². The van der Waals surface area contributed by atoms with Crippen LogP contribution in [-0.4, -0.2) is 35.0 Å². The molecule has 2 N–H and O–H groups in total. The van der Waals surface area contributed by atoms with Gasteiger partial charge in [0.2, 0.25) is 0 Å². The molecule has 2 amide bonds. The number of benzene rings is 3. The van der Waals surface area contributed by atoms with E-state index in [0.29, 0.717) is 28.9 Å². The number of thiocarbonyl (C=S) groups is 1. The van der Waals surface area contributed by atoms with Crippen molar-refractivity contribution in [3.63, 3.8) is 0 Å². The van der Waals surface area contributed by atoms with Crippen molar-refractivity contribution in [3.8, 4) is 11.5 Å². The first-order chi connectivity index (χ1) is 17.9. The van der Waals surface area contributed by atoms with Gasteiger partial charge in [0.25, 0.3) is 11.8 Å². The number of carbonyl (C=O) groups excluding carboxylic acids is 2. The van der Waals surface area contributed by atoms with Crippen LogP contribution in [-0.2, 0) is 9.59 Å². The summed E-state index contributed by atoms with van der Waals surface area (Å²) >= 11 is 5.46. The average molecular weight is 516 g/mol. The molecule has 1 fully saturated rings. The molecule has 0 aliphatic carbocycles. The molecule has 190 valence electrons. The Kier molecular flexibility index (Phi) is 8.20. The van der Waals surface area contributed by atoms with E-state index in [1.807, 2.05) is 75.4 Å². The average Bonchev–Trinajstić information content (AvgIpc) is 3.17. The lowest BCUT2D eigenvalue weighted by Crippen LogP contribution is -2.33. The Morgan fingerprint density at radius 3 is 2.51 bits per heavy atom. The second kappa shape index (κ2) is 11.7. The van der Waals surface area contributed by atoms with Gasteiger partial charge in [-0.2, -0.15) is 0 Å². The van der Waals surface area contributed by atoms with Crippen LogP contribution >= 0.6 is 12.2 Å². The van der Waals surface area contributed by atoms with Crippen molar-refractivity contribution in [2.24, 2.45) is 0 Å². The fourth-order valence-electron chi connectivity index (χ4n) is 3.99. The fourth-order valence-corrected chi connectivity index (χ4v) is 4.34. The molecule has 0 aromatic heterocycles. The molecule has 3 aromatic carbocycles. The monoisotopic (exact) mass is 515 g/mol. The molecule has 1 aliphatic heterocycles. The van der Waals surface area contributed by atoms with Crippen molar-refractivity contribution in [1.82, 2.24) is 10.2 Å². The van der Waals surface area contributed by atoms with E-state index in [0.717, 1.165) is 22.4 Å². The SMILES string of the molecule is CCOc1cc(/C=C2\NC(=S)N(C(C)c3ccccc3)C2=O)ccc1OCC(=O)Nc1ccccc1C. The van der Waals surface area contributed by atoms with Crippen molar-refractivity contribution in [2.45, 2.75) is 26.8 Å². The van der Waals surface area contributed by atoms with Crippen molar-refractivity contribution in [2.75, 3.05) is 18.5 Å². The first-order valence-corrected chi connectivity index (χ1v) is 12.4. The number of anilines is 1. The molecule has 0 saturated carbocycles. The molecule has 1 saturated heterocycles. The number of aryl methyl sites for hydroxylation is 1. The number of ether oxygens (including phenoxy) is 2. The largest absolute Gasteiger partial charge is 0.490 e. The summed E-state index contributed by atoms with van der Waals surface area (Å²) < 4.78 is 11.5. The molecule has 1 atom stereocenters. The maximum absolute atomic E-state index is 13.2. The van der Waals surface area contributed by atoms with Gasteiger partial charge in [0.1, 0.15) is 5.70 Å². The highest BCUT2D eigenvalue weighted by molar-refractivity contribution is 7.80. The molecule has 1 aliphatic rings. The fraction of sp³-hybridized carbons (Fsp3) is 0.207. The molecular weight excluding hydrogens is 486 g/mol. The smallest absolute Gasteiger partial charge is 0.277 e. The molecular formula is C29H29N3O4S. The molecule has 0 bridgehead atoms. The van der Waals surface area contributed by atoms with Crippen LogP contribution in [0.15, 0.2) is 78.5 Å². The van der Waals surface area contributed by atoms with E-state index in [9.17, 15) is 9.59 Å². The summed E-state index contributed by atoms with van der Waals surface area (Å²) in [6.07, 6.45) is 1.73. The maximum Gasteiger partial charge on any atom is 0.277 e. The van der Waals surface area contributed by atoms with Crippen molar-refractivity contribution in [3.05, 3.63) is 95.2 Å². The van der Waals surface area contributed by atoms with E-state index in [2.05, 4.69) is 10.6 Å². The summed E-state index contributed by atoms with van der Waals surface area (Å²) in [5.41, 5.74) is 3.81. The number of hydrogen-bond donors (Lipinski definition) is 2. The van der Waals surface area contributed by atoms with Gasteiger partial charge in [-0.1, -0.05) is 54.6 Å². The summed E-state index contributed by atoms with van der Waals surface area (Å²) in [4.78, 5) is 27.2. The highest BCUT2D eigenvalue weighted by Gasteiger charge is 2.34. The van der Waals surface area contributed by atoms with Crippen LogP contribution in [0.3, 0.4) is 0 Å². The molecule has 7 nitrogen and oxygen atoms in total. The summed E-state index contributed by atoms with van der Waals surface area (Å²) in [6, 6.07) is 22.4. The first-order valence-electron chi connectivity index (χ1n) is 12.0. The van der Waals surface area contributed by atoms with Gasteiger partial charge in [-0.25, -0.2) is 0 Å². The molecule has 1 heterocycles. The third-order valence-electron chi connectivity index (χ3n) is 5.94. The minimum absolute atomic E-state index is 0.171. The third kappa shape index (κ3) is 6.16. The highest BCUT2D eigenvalue weighted by Crippen LogP contribution is 2.31. The molecule has 3 aromatic rings. The van der Waals surface area contributed by atoms with Gasteiger partial charge in [-0.15, -0.1) is 0 Å². The van der Waals surface area contributed by atoms with E-state index in [1.165, 1.54) is 0 Å². The number of carbonyl (C=O) groups is 2. The van der Waals surface area contributed by atoms with Crippen LogP contribution in [0.1, 0.15) is 36.6 Å². The Morgan fingerprint density at radius 1 is 1.05 bits per heavy atom. The standard InChI is InChI=1S/C29H29N3O4S/c1-4-35-26-17-21(14-15-25(26)36-18-27(33)30-23-13-9-8-10-19(23)2)16-24-28(34)32(29(37)31-24)20(3)22-11-6-5-7-12-22/h5-17,20H,4,18H2,1-3H3,(H,30,33)(H,31,37)/b24-16-. The first kappa shape index (κ1) is 25.9. The number of nitrogens with zero attached hydrogens (tertiary/aromatic N) is 1. The van der Waals surface area contributed by atoms with E-state index in [1.54, 1.807) is 29.2 Å². The molecule has 0 radical (unpaired) electrons. The second-order valence-electron chi connectivity index (χ2n) is 8.54. The van der Waals surface area contributed by atoms with E-state index in [-0.39, 0.29) is 24.5 Å². The van der Waals surface area contributed by atoms with Crippen LogP contribution in [0.5, 0.6) is 11.5 Å². The van der Waals surface area contributed by atoms with Crippen LogP contribution in [0.2, 0.25) is 0 Å². The van der Waals surface area contributed by atoms with Gasteiger partial charge in [0.15, 0.2) is 23.2 Å². The molecule has 8 heteroatoms. The minimum Gasteiger partial charge on any atom is -0.490 e. The van der Waals surface area contributed by atoms with Gasteiger partial charge in [-0.3, -0.25) is 14.5 Å². The molecule has 37 heavy (non-hydrogen) atoms. The Morgan fingerprint density at radius 2 is 1.78 bits per heavy atom. The van der Waals surface area contributed by atoms with Crippen molar-refractivity contribution < 1.29 is 19.1 Å². The van der Waals surface area contributed by atoms with Crippen molar-refractivity contribution >= 4 is 40.9 Å². The third-order valence-corrected chi connectivity index (χ3v) is 6.23. The Balaban J connectivity index is 1.47. The second-order valence-corrected chi connectivity index (χ2v) is 8.93. The lowest BCUT2D eigenvalue weighted by atomic mass is 10.1. The molecule has 1 unspecified atom stereocenters. The van der Waals surface area contributed by atoms with Gasteiger partial charge in [0, 0.05) is 5.69 Å². The normalized spacial score (nSPS) is 14.9. The number of rotatable bonds is 9. The summed E-state index contributed by atoms with van der Waals surface area (Å²) in [6.45, 7) is 5.97. The van der Waals surface area contributed by atoms with Crippen molar-refractivity contribution in [1.29, 1.82) is 0 Å². The summed E-state index contributed by atoms with van der Waals surface area (Å²) in [5.74, 6) is 0.435. The lowest BCUT2D eigenvalue weighted by Gasteiger charge is -2.23. The predicted molar refractivity (Wildman–Crippen MR) is 148 cm³/mol. The van der Waals surface area contributed by atoms with Gasteiger partial charge >= 0.3 is 0 Å². The number of para-hydroxylation sites is 1. The predicted octanol–water partition coefficient (Wildman–Crippen LogP) is 5.23. The lowest BCUT2D eigenvalue weighted by molar-refractivity contribution is -0.123. The van der Waals surface area contributed by atoms with E-state index < -0.39 is 0 Å². The maximum atomic E-state index is 13.2. The Bertz CT molecular complexity index is 1340. The minimum atomic E-state index is -0.273. The van der Waals surface area contributed by atoms with Crippen LogP contribution < -0.4 is 20.1 Å². The zero-order valence-electron chi connectivity index (χ0n) is 21.0. The zero-order chi connectivity index (χ0) is 26.4. The van der Waals surface area contributed by atoms with Crippen LogP contribution in [0, 0.1) is 6.92 Å². The molecule has 0 spiro atoms. The number of hydrogen-bond acceptors (Lipinski definition) is 5. The molecule has 4 rings (SSSR count). The summed E-state index contributed by atoms with van der Waals surface area (Å²) in [7, 11) is 0. The Hall–Kier alpha value is -4.17. The highest BCUT2D eigenvalue weighted by atomic mass is 32.1. The van der Waals surface area contributed by atoms with E-state index in [4.69, 9.17) is 21.7 Å². The van der Waals surface area contributed by atoms with Gasteiger partial charge in [0.05, 0.1) is 12.6 Å². The summed E-state index contributed by atoms with van der Waals surface area (Å²) in [5, 5.41) is 6.24. The quantitative estimate of drug-likeness (QED) is 0.300. The van der Waals surface area contributed by atoms with Crippen LogP contribution in [0.4, 0.5) is 5.69 Å². The zero-order valence-corrected chi connectivity index (χ0v) is 21.8. The van der Waals surface area contributed by atoms with Gasteiger partial charge < -0.3 is 20.1 Å². The van der Waals surface area contributed by atoms with E-state index >= 15 is 0 Å². The number of amides is 2. The van der Waals surface area contributed by atoms with Crippen LogP contribution in [0.25, 0.3) is 6.08 Å². The number of nitrogens with one attached hydrogen (secondary N) is 2.